The third-order valence-electron chi connectivity index (χ3n) is 4.41. The molecule has 0 bridgehead atoms. The molecular formula is C14H26N2O. The fourth-order valence-electron chi connectivity index (χ4n) is 4.03. The summed E-state index contributed by atoms with van der Waals surface area (Å²) in [6.07, 6.45) is 5.71. The zero-order valence-corrected chi connectivity index (χ0v) is 11.7. The average molecular weight is 238 g/mol. The second-order valence-electron chi connectivity index (χ2n) is 6.55. The van der Waals surface area contributed by atoms with Gasteiger partial charge in [-0.3, -0.25) is 9.69 Å². The Hall–Kier alpha value is -0.570. The number of nitrogens with zero attached hydrogens (tertiary/aromatic N) is 1. The summed E-state index contributed by atoms with van der Waals surface area (Å²) in [6.45, 7) is 9.71. The van der Waals surface area contributed by atoms with Gasteiger partial charge in [0.15, 0.2) is 0 Å². The molecule has 1 saturated carbocycles. The normalized spacial score (nSPS) is 28.4. The predicted molar refractivity (Wildman–Crippen MR) is 69.9 cm³/mol. The molecule has 1 aliphatic heterocycles. The van der Waals surface area contributed by atoms with Crippen molar-refractivity contribution in [1.82, 2.24) is 10.2 Å². The summed E-state index contributed by atoms with van der Waals surface area (Å²) in [5.74, 6) is 0.269. The van der Waals surface area contributed by atoms with E-state index in [0.29, 0.717) is 6.04 Å². The second-order valence-corrected chi connectivity index (χ2v) is 6.55. The number of piperazine rings is 1. The lowest BCUT2D eigenvalue weighted by atomic mass is 9.74. The van der Waals surface area contributed by atoms with Gasteiger partial charge < -0.3 is 5.32 Å². The summed E-state index contributed by atoms with van der Waals surface area (Å²) in [7, 11) is 0. The Morgan fingerprint density at radius 3 is 2.29 bits per heavy atom. The molecule has 3 nitrogen and oxygen atoms in total. The number of nitrogens with one attached hydrogen (secondary N) is 1. The molecule has 1 N–H and O–H groups in total. The lowest BCUT2D eigenvalue weighted by Gasteiger charge is -2.57. The molecule has 98 valence electrons. The highest BCUT2D eigenvalue weighted by molar-refractivity contribution is 5.87. The predicted octanol–water partition coefficient (Wildman–Crippen LogP) is 2.31. The standard InChI is InChI=1S/C14H26N2O/c1-11(2)16-13(3,4)10-15-12(17)14(16)8-6-5-7-9-14/h11H,5-10H2,1-4H3,(H,15,17). The molecule has 17 heavy (non-hydrogen) atoms. The Bertz CT molecular complexity index is 303. The minimum absolute atomic E-state index is 0.0689. The SMILES string of the molecule is CC(C)N1C(C)(C)CNC(=O)C12CCCCC2. The van der Waals surface area contributed by atoms with Gasteiger partial charge >= 0.3 is 0 Å². The van der Waals surface area contributed by atoms with Crippen molar-refractivity contribution < 1.29 is 4.79 Å². The van der Waals surface area contributed by atoms with Gasteiger partial charge in [0.1, 0.15) is 5.54 Å². The largest absolute Gasteiger partial charge is 0.353 e. The van der Waals surface area contributed by atoms with Crippen LogP contribution in [0.15, 0.2) is 0 Å². The van der Waals surface area contributed by atoms with Gasteiger partial charge in [0.25, 0.3) is 0 Å². The molecule has 1 saturated heterocycles. The minimum atomic E-state index is -0.228. The van der Waals surface area contributed by atoms with E-state index < -0.39 is 0 Å². The lowest BCUT2D eigenvalue weighted by Crippen LogP contribution is -2.74. The molecule has 1 aliphatic carbocycles. The van der Waals surface area contributed by atoms with Gasteiger partial charge in [-0.15, -0.1) is 0 Å². The summed E-state index contributed by atoms with van der Waals surface area (Å²) in [5, 5.41) is 3.14. The van der Waals surface area contributed by atoms with Crippen LogP contribution < -0.4 is 5.32 Å². The third-order valence-corrected chi connectivity index (χ3v) is 4.41. The van der Waals surface area contributed by atoms with Gasteiger partial charge in [0, 0.05) is 18.1 Å². The van der Waals surface area contributed by atoms with Crippen molar-refractivity contribution in [3.8, 4) is 0 Å². The molecule has 0 aromatic carbocycles. The highest BCUT2D eigenvalue weighted by Crippen LogP contribution is 2.41. The van der Waals surface area contributed by atoms with Crippen LogP contribution >= 0.6 is 0 Å². The number of amides is 1. The maximum atomic E-state index is 12.4. The molecule has 1 heterocycles. The number of carbonyl (C=O) groups excluding carboxylic acids is 1. The Labute approximate surface area is 105 Å². The maximum Gasteiger partial charge on any atom is 0.240 e. The zero-order chi connectivity index (χ0) is 12.7. The van der Waals surface area contributed by atoms with Crippen LogP contribution in [0, 0.1) is 0 Å². The fourth-order valence-corrected chi connectivity index (χ4v) is 4.03. The van der Waals surface area contributed by atoms with Crippen molar-refractivity contribution >= 4 is 5.91 Å². The molecule has 2 rings (SSSR count). The van der Waals surface area contributed by atoms with E-state index in [1.54, 1.807) is 0 Å². The summed E-state index contributed by atoms with van der Waals surface area (Å²) in [6, 6.07) is 0.425. The van der Waals surface area contributed by atoms with Crippen LogP contribution in [0.2, 0.25) is 0 Å². The van der Waals surface area contributed by atoms with Gasteiger partial charge in [0.05, 0.1) is 0 Å². The molecule has 0 aromatic rings. The van der Waals surface area contributed by atoms with E-state index in [2.05, 4.69) is 37.9 Å². The van der Waals surface area contributed by atoms with Crippen LogP contribution in [0.3, 0.4) is 0 Å². The molecule has 0 aromatic heterocycles. The van der Waals surface area contributed by atoms with Gasteiger partial charge in [-0.1, -0.05) is 19.3 Å². The first-order valence-corrected chi connectivity index (χ1v) is 6.98. The molecule has 0 atom stereocenters. The monoisotopic (exact) mass is 238 g/mol. The van der Waals surface area contributed by atoms with Crippen LogP contribution in [0.25, 0.3) is 0 Å². The topological polar surface area (TPSA) is 32.3 Å². The number of carbonyl (C=O) groups is 1. The molecule has 0 unspecified atom stereocenters. The lowest BCUT2D eigenvalue weighted by molar-refractivity contribution is -0.153. The van der Waals surface area contributed by atoms with E-state index in [1.807, 2.05) is 0 Å². The van der Waals surface area contributed by atoms with Gasteiger partial charge in [-0.25, -0.2) is 0 Å². The van der Waals surface area contributed by atoms with Gasteiger partial charge in [0.2, 0.25) is 5.91 Å². The first-order chi connectivity index (χ1) is 7.90. The first-order valence-electron chi connectivity index (χ1n) is 6.98. The minimum Gasteiger partial charge on any atom is -0.353 e. The van der Waals surface area contributed by atoms with E-state index in [4.69, 9.17) is 0 Å². The smallest absolute Gasteiger partial charge is 0.240 e. The van der Waals surface area contributed by atoms with Crippen LogP contribution in [-0.2, 0) is 4.79 Å². The molecule has 1 spiro atoms. The van der Waals surface area contributed by atoms with E-state index in [-0.39, 0.29) is 17.0 Å². The van der Waals surface area contributed by atoms with Gasteiger partial charge in [-0.2, -0.15) is 0 Å². The van der Waals surface area contributed by atoms with Crippen molar-refractivity contribution in [3.05, 3.63) is 0 Å². The number of hydrogen-bond acceptors (Lipinski definition) is 2. The molecule has 2 aliphatic rings. The Morgan fingerprint density at radius 2 is 1.76 bits per heavy atom. The van der Waals surface area contributed by atoms with Crippen molar-refractivity contribution in [3.63, 3.8) is 0 Å². The van der Waals surface area contributed by atoms with E-state index in [0.717, 1.165) is 19.4 Å². The van der Waals surface area contributed by atoms with Crippen molar-refractivity contribution in [1.29, 1.82) is 0 Å². The maximum absolute atomic E-state index is 12.4. The van der Waals surface area contributed by atoms with Gasteiger partial charge in [-0.05, 0) is 40.5 Å². The average Bonchev–Trinajstić information content (AvgIpc) is 2.25. The Morgan fingerprint density at radius 1 is 1.18 bits per heavy atom. The molecular weight excluding hydrogens is 212 g/mol. The highest BCUT2D eigenvalue weighted by Gasteiger charge is 2.53. The van der Waals surface area contributed by atoms with Crippen LogP contribution in [0.4, 0.5) is 0 Å². The molecule has 2 fully saturated rings. The molecule has 3 heteroatoms. The number of rotatable bonds is 1. The fraction of sp³-hybridized carbons (Fsp3) is 0.929. The first kappa shape index (κ1) is 12.9. The quantitative estimate of drug-likeness (QED) is 0.760. The van der Waals surface area contributed by atoms with Crippen LogP contribution in [-0.4, -0.2) is 34.5 Å². The van der Waals surface area contributed by atoms with Crippen molar-refractivity contribution in [2.24, 2.45) is 0 Å². The second kappa shape index (κ2) is 4.27. The van der Waals surface area contributed by atoms with Crippen LogP contribution in [0.1, 0.15) is 59.8 Å². The number of hydrogen-bond donors (Lipinski definition) is 1. The van der Waals surface area contributed by atoms with E-state index >= 15 is 0 Å². The Kier molecular flexibility index (Phi) is 3.23. The van der Waals surface area contributed by atoms with E-state index in [9.17, 15) is 4.79 Å². The summed E-state index contributed by atoms with van der Waals surface area (Å²) in [5.41, 5.74) is -0.159. The highest BCUT2D eigenvalue weighted by atomic mass is 16.2. The third kappa shape index (κ3) is 1.99. The Balaban J connectivity index is 2.38. The summed E-state index contributed by atoms with van der Waals surface area (Å²) < 4.78 is 0. The van der Waals surface area contributed by atoms with Crippen molar-refractivity contribution in [2.45, 2.75) is 76.9 Å². The summed E-state index contributed by atoms with van der Waals surface area (Å²) >= 11 is 0. The van der Waals surface area contributed by atoms with Crippen molar-refractivity contribution in [2.75, 3.05) is 6.54 Å². The molecule has 0 radical (unpaired) electrons. The molecule has 1 amide bonds. The zero-order valence-electron chi connectivity index (χ0n) is 11.7. The van der Waals surface area contributed by atoms with Crippen LogP contribution in [0.5, 0.6) is 0 Å². The van der Waals surface area contributed by atoms with E-state index in [1.165, 1.54) is 19.3 Å². The summed E-state index contributed by atoms with van der Waals surface area (Å²) in [4.78, 5) is 14.9.